The predicted octanol–water partition coefficient (Wildman–Crippen LogP) is 2.47. The highest BCUT2D eigenvalue weighted by Crippen LogP contribution is 2.33. The Bertz CT molecular complexity index is 329. The summed E-state index contributed by atoms with van der Waals surface area (Å²) >= 11 is 0. The molecule has 0 aliphatic carbocycles. The highest BCUT2D eigenvalue weighted by Gasteiger charge is 2.18. The molecule has 1 heterocycles. The van der Waals surface area contributed by atoms with E-state index in [0.717, 1.165) is 18.8 Å². The van der Waals surface area contributed by atoms with Crippen LogP contribution in [0, 0.1) is 6.92 Å². The molecule has 15 heavy (non-hydrogen) atoms. The van der Waals surface area contributed by atoms with Crippen LogP contribution < -0.4 is 10.1 Å². The van der Waals surface area contributed by atoms with Gasteiger partial charge in [0.2, 0.25) is 0 Å². The second kappa shape index (κ2) is 4.67. The second-order valence-electron chi connectivity index (χ2n) is 4.27. The van der Waals surface area contributed by atoms with Crippen molar-refractivity contribution in [1.29, 1.82) is 0 Å². The van der Waals surface area contributed by atoms with Gasteiger partial charge in [-0.2, -0.15) is 0 Å². The number of nitrogens with one attached hydrogen (secondary N) is 1. The van der Waals surface area contributed by atoms with Crippen molar-refractivity contribution in [3.63, 3.8) is 0 Å². The summed E-state index contributed by atoms with van der Waals surface area (Å²) in [5.74, 6) is 1.72. The van der Waals surface area contributed by atoms with Crippen LogP contribution in [0.4, 0.5) is 0 Å². The van der Waals surface area contributed by atoms with E-state index in [2.05, 4.69) is 30.4 Å². The molecule has 2 heteroatoms. The third kappa shape index (κ3) is 2.32. The van der Waals surface area contributed by atoms with Gasteiger partial charge in [-0.1, -0.05) is 17.7 Å². The van der Waals surface area contributed by atoms with Gasteiger partial charge in [-0.25, -0.2) is 0 Å². The fraction of sp³-hybridized carbons (Fsp3) is 0.538. The standard InChI is InChI=1S/C13H19NO/c1-10-3-4-13(15-2)12(9-10)11-5-7-14-8-6-11/h3-4,9,11,14H,5-8H2,1-2H3. The number of hydrogen-bond donors (Lipinski definition) is 1. The molecule has 0 unspecified atom stereocenters. The van der Waals surface area contributed by atoms with E-state index in [4.69, 9.17) is 4.74 Å². The molecule has 1 aliphatic heterocycles. The molecule has 1 saturated heterocycles. The normalized spacial score (nSPS) is 17.7. The van der Waals surface area contributed by atoms with Crippen LogP contribution in [-0.2, 0) is 0 Å². The van der Waals surface area contributed by atoms with Gasteiger partial charge in [-0.15, -0.1) is 0 Å². The van der Waals surface area contributed by atoms with E-state index in [1.54, 1.807) is 7.11 Å². The summed E-state index contributed by atoms with van der Waals surface area (Å²) < 4.78 is 5.43. The molecular formula is C13H19NO. The molecule has 0 spiro atoms. The molecular weight excluding hydrogens is 186 g/mol. The first-order chi connectivity index (χ1) is 7.31. The van der Waals surface area contributed by atoms with Crippen molar-refractivity contribution in [2.24, 2.45) is 0 Å². The summed E-state index contributed by atoms with van der Waals surface area (Å²) in [6, 6.07) is 6.48. The Morgan fingerprint density at radius 3 is 2.67 bits per heavy atom. The number of benzene rings is 1. The zero-order chi connectivity index (χ0) is 10.7. The van der Waals surface area contributed by atoms with Gasteiger partial charge < -0.3 is 10.1 Å². The van der Waals surface area contributed by atoms with Crippen molar-refractivity contribution in [2.45, 2.75) is 25.7 Å². The van der Waals surface area contributed by atoms with Gasteiger partial charge in [-0.05, 0) is 50.4 Å². The number of rotatable bonds is 2. The fourth-order valence-electron chi connectivity index (χ4n) is 2.31. The molecule has 1 aromatic carbocycles. The van der Waals surface area contributed by atoms with Crippen LogP contribution in [0.5, 0.6) is 5.75 Å². The molecule has 0 amide bonds. The van der Waals surface area contributed by atoms with Gasteiger partial charge in [0.25, 0.3) is 0 Å². The molecule has 2 nitrogen and oxygen atoms in total. The third-order valence-electron chi connectivity index (χ3n) is 3.16. The molecule has 1 aliphatic rings. The molecule has 82 valence electrons. The van der Waals surface area contributed by atoms with Gasteiger partial charge in [0.15, 0.2) is 0 Å². The van der Waals surface area contributed by atoms with Crippen molar-refractivity contribution in [1.82, 2.24) is 5.32 Å². The number of ether oxygens (including phenoxy) is 1. The maximum absolute atomic E-state index is 5.43. The zero-order valence-electron chi connectivity index (χ0n) is 9.55. The lowest BCUT2D eigenvalue weighted by Crippen LogP contribution is -2.26. The van der Waals surface area contributed by atoms with E-state index in [-0.39, 0.29) is 0 Å². The Morgan fingerprint density at radius 1 is 1.27 bits per heavy atom. The van der Waals surface area contributed by atoms with E-state index in [1.165, 1.54) is 24.0 Å². The Labute approximate surface area is 91.6 Å². The number of aryl methyl sites for hydroxylation is 1. The van der Waals surface area contributed by atoms with Crippen LogP contribution in [0.2, 0.25) is 0 Å². The van der Waals surface area contributed by atoms with Gasteiger partial charge in [0.05, 0.1) is 7.11 Å². The van der Waals surface area contributed by atoms with Gasteiger partial charge in [0, 0.05) is 0 Å². The summed E-state index contributed by atoms with van der Waals surface area (Å²) in [6.07, 6.45) is 2.44. The SMILES string of the molecule is COc1ccc(C)cc1C1CCNCC1. The lowest BCUT2D eigenvalue weighted by atomic mass is 9.89. The van der Waals surface area contributed by atoms with Crippen LogP contribution in [0.25, 0.3) is 0 Å². The molecule has 2 rings (SSSR count). The Kier molecular flexibility index (Phi) is 3.27. The maximum atomic E-state index is 5.43. The first-order valence-electron chi connectivity index (χ1n) is 5.66. The Balaban J connectivity index is 2.27. The van der Waals surface area contributed by atoms with E-state index in [9.17, 15) is 0 Å². The van der Waals surface area contributed by atoms with Crippen LogP contribution in [0.1, 0.15) is 29.9 Å². The minimum Gasteiger partial charge on any atom is -0.496 e. The van der Waals surface area contributed by atoms with Crippen molar-refractivity contribution in [3.8, 4) is 5.75 Å². The minimum atomic E-state index is 0.668. The smallest absolute Gasteiger partial charge is 0.122 e. The van der Waals surface area contributed by atoms with Gasteiger partial charge in [0.1, 0.15) is 5.75 Å². The highest BCUT2D eigenvalue weighted by molar-refractivity contribution is 5.39. The lowest BCUT2D eigenvalue weighted by molar-refractivity contribution is 0.391. The average Bonchev–Trinajstić information content (AvgIpc) is 2.30. The quantitative estimate of drug-likeness (QED) is 0.801. The highest BCUT2D eigenvalue weighted by atomic mass is 16.5. The number of piperidine rings is 1. The molecule has 0 bridgehead atoms. The summed E-state index contributed by atoms with van der Waals surface area (Å²) in [4.78, 5) is 0. The van der Waals surface area contributed by atoms with Gasteiger partial charge in [-0.3, -0.25) is 0 Å². The number of hydrogen-bond acceptors (Lipinski definition) is 2. The van der Waals surface area contributed by atoms with Crippen molar-refractivity contribution < 1.29 is 4.74 Å². The minimum absolute atomic E-state index is 0.668. The van der Waals surface area contributed by atoms with Crippen LogP contribution in [0.15, 0.2) is 18.2 Å². The summed E-state index contributed by atoms with van der Waals surface area (Å²) in [7, 11) is 1.76. The number of methoxy groups -OCH3 is 1. The molecule has 1 N–H and O–H groups in total. The third-order valence-corrected chi connectivity index (χ3v) is 3.16. The van der Waals surface area contributed by atoms with Crippen molar-refractivity contribution in [2.75, 3.05) is 20.2 Å². The molecule has 0 atom stereocenters. The summed E-state index contributed by atoms with van der Waals surface area (Å²) in [5, 5.41) is 3.40. The fourth-order valence-corrected chi connectivity index (χ4v) is 2.31. The molecule has 0 saturated carbocycles. The first kappa shape index (κ1) is 10.5. The Hall–Kier alpha value is -1.02. The lowest BCUT2D eigenvalue weighted by Gasteiger charge is -2.24. The second-order valence-corrected chi connectivity index (χ2v) is 4.27. The topological polar surface area (TPSA) is 21.3 Å². The Morgan fingerprint density at radius 2 is 2.00 bits per heavy atom. The maximum Gasteiger partial charge on any atom is 0.122 e. The average molecular weight is 205 g/mol. The molecule has 0 aromatic heterocycles. The first-order valence-corrected chi connectivity index (χ1v) is 5.66. The van der Waals surface area contributed by atoms with Crippen molar-refractivity contribution in [3.05, 3.63) is 29.3 Å². The van der Waals surface area contributed by atoms with E-state index < -0.39 is 0 Å². The monoisotopic (exact) mass is 205 g/mol. The van der Waals surface area contributed by atoms with E-state index in [1.807, 2.05) is 0 Å². The molecule has 0 radical (unpaired) electrons. The molecule has 1 fully saturated rings. The summed E-state index contributed by atoms with van der Waals surface area (Å²) in [5.41, 5.74) is 2.71. The van der Waals surface area contributed by atoms with E-state index >= 15 is 0 Å². The van der Waals surface area contributed by atoms with Crippen LogP contribution in [0.3, 0.4) is 0 Å². The van der Waals surface area contributed by atoms with Crippen LogP contribution >= 0.6 is 0 Å². The predicted molar refractivity (Wildman–Crippen MR) is 62.6 cm³/mol. The largest absolute Gasteiger partial charge is 0.496 e. The molecule has 1 aromatic rings. The van der Waals surface area contributed by atoms with Crippen molar-refractivity contribution >= 4 is 0 Å². The zero-order valence-corrected chi connectivity index (χ0v) is 9.55. The van der Waals surface area contributed by atoms with E-state index in [0.29, 0.717) is 5.92 Å². The summed E-state index contributed by atoms with van der Waals surface area (Å²) in [6.45, 7) is 4.40. The van der Waals surface area contributed by atoms with Crippen LogP contribution in [-0.4, -0.2) is 20.2 Å². The van der Waals surface area contributed by atoms with Gasteiger partial charge >= 0.3 is 0 Å².